The Balaban J connectivity index is 1.63. The molecule has 3 aromatic carbocycles. The van der Waals surface area contributed by atoms with Gasteiger partial charge in [0.2, 0.25) is 0 Å². The molecular weight excluding hydrogens is 423 g/mol. The summed E-state index contributed by atoms with van der Waals surface area (Å²) in [5.41, 5.74) is 3.37. The number of H-pyrrole nitrogens is 1. The van der Waals surface area contributed by atoms with E-state index in [4.69, 9.17) is 9.47 Å². The smallest absolute Gasteiger partial charge is 0.252 e. The van der Waals surface area contributed by atoms with Gasteiger partial charge >= 0.3 is 0 Å². The Morgan fingerprint density at radius 1 is 1.09 bits per heavy atom. The van der Waals surface area contributed by atoms with Gasteiger partial charge in [-0.1, -0.05) is 24.3 Å². The van der Waals surface area contributed by atoms with Crippen molar-refractivity contribution in [3.8, 4) is 22.6 Å². The molecule has 1 atom stereocenters. The third-order valence-corrected chi connectivity index (χ3v) is 5.63. The summed E-state index contributed by atoms with van der Waals surface area (Å²) in [5, 5.41) is 13.9. The van der Waals surface area contributed by atoms with Gasteiger partial charge in [0, 0.05) is 17.1 Å². The summed E-state index contributed by atoms with van der Waals surface area (Å²) >= 11 is 0. The SMILES string of the molecule is COc1ccc(-c2ccc(OC)c(F)c2)c(C(=O)N[C@@H](CO)Cc2c[nH]c3ccccc23)c1. The number of aliphatic hydroxyl groups is 1. The molecule has 0 aliphatic carbocycles. The Kier molecular flexibility index (Phi) is 6.60. The Labute approximate surface area is 191 Å². The number of carbonyl (C=O) groups excluding carboxylic acids is 1. The summed E-state index contributed by atoms with van der Waals surface area (Å²) in [7, 11) is 2.91. The van der Waals surface area contributed by atoms with E-state index in [0.717, 1.165) is 16.5 Å². The van der Waals surface area contributed by atoms with Crippen LogP contribution in [0.2, 0.25) is 0 Å². The topological polar surface area (TPSA) is 83.6 Å². The lowest BCUT2D eigenvalue weighted by atomic mass is 9.97. The molecule has 0 saturated heterocycles. The summed E-state index contributed by atoms with van der Waals surface area (Å²) in [6, 6.07) is 16.9. The number of fused-ring (bicyclic) bond motifs is 1. The van der Waals surface area contributed by atoms with Crippen LogP contribution in [0.3, 0.4) is 0 Å². The van der Waals surface area contributed by atoms with Crippen molar-refractivity contribution in [2.75, 3.05) is 20.8 Å². The fraction of sp³-hybridized carbons (Fsp3) is 0.192. The number of amides is 1. The Morgan fingerprint density at radius 2 is 1.91 bits per heavy atom. The first-order valence-corrected chi connectivity index (χ1v) is 10.5. The van der Waals surface area contributed by atoms with E-state index in [2.05, 4.69) is 10.3 Å². The monoisotopic (exact) mass is 448 g/mol. The quantitative estimate of drug-likeness (QED) is 0.375. The number of hydrogen-bond acceptors (Lipinski definition) is 4. The highest BCUT2D eigenvalue weighted by molar-refractivity contribution is 6.01. The maximum Gasteiger partial charge on any atom is 0.252 e. The first-order valence-electron chi connectivity index (χ1n) is 10.5. The minimum Gasteiger partial charge on any atom is -0.497 e. The molecule has 33 heavy (non-hydrogen) atoms. The number of ether oxygens (including phenoxy) is 2. The third-order valence-electron chi connectivity index (χ3n) is 5.63. The van der Waals surface area contributed by atoms with E-state index < -0.39 is 11.9 Å². The second-order valence-corrected chi connectivity index (χ2v) is 7.68. The molecule has 170 valence electrons. The molecule has 1 aromatic heterocycles. The van der Waals surface area contributed by atoms with Gasteiger partial charge in [0.05, 0.1) is 32.4 Å². The van der Waals surface area contributed by atoms with Crippen LogP contribution in [0.1, 0.15) is 15.9 Å². The lowest BCUT2D eigenvalue weighted by Gasteiger charge is -2.18. The number of benzene rings is 3. The number of methoxy groups -OCH3 is 2. The van der Waals surface area contributed by atoms with Gasteiger partial charge in [-0.15, -0.1) is 0 Å². The van der Waals surface area contributed by atoms with Gasteiger partial charge in [-0.25, -0.2) is 4.39 Å². The number of aromatic amines is 1. The van der Waals surface area contributed by atoms with Crippen molar-refractivity contribution >= 4 is 16.8 Å². The van der Waals surface area contributed by atoms with Crippen LogP contribution in [0.5, 0.6) is 11.5 Å². The van der Waals surface area contributed by atoms with Crippen molar-refractivity contribution in [2.24, 2.45) is 0 Å². The van der Waals surface area contributed by atoms with E-state index >= 15 is 0 Å². The fourth-order valence-corrected chi connectivity index (χ4v) is 3.91. The molecule has 0 fully saturated rings. The average molecular weight is 448 g/mol. The van der Waals surface area contributed by atoms with Gasteiger partial charge in [0.15, 0.2) is 11.6 Å². The zero-order valence-electron chi connectivity index (χ0n) is 18.4. The molecule has 0 radical (unpaired) electrons. The first kappa shape index (κ1) is 22.4. The van der Waals surface area contributed by atoms with Crippen LogP contribution in [0.4, 0.5) is 4.39 Å². The zero-order chi connectivity index (χ0) is 23.4. The van der Waals surface area contributed by atoms with E-state index in [1.807, 2.05) is 30.5 Å². The largest absolute Gasteiger partial charge is 0.497 e. The van der Waals surface area contributed by atoms with Crippen molar-refractivity contribution in [3.63, 3.8) is 0 Å². The summed E-state index contributed by atoms with van der Waals surface area (Å²) in [5.74, 6) is -0.295. The van der Waals surface area contributed by atoms with E-state index in [1.165, 1.54) is 26.4 Å². The normalized spacial score (nSPS) is 11.9. The number of carbonyl (C=O) groups is 1. The molecule has 0 saturated carbocycles. The van der Waals surface area contributed by atoms with Crippen molar-refractivity contribution in [1.82, 2.24) is 10.3 Å². The average Bonchev–Trinajstić information content (AvgIpc) is 3.25. The lowest BCUT2D eigenvalue weighted by molar-refractivity contribution is 0.0917. The van der Waals surface area contributed by atoms with Gasteiger partial charge in [-0.3, -0.25) is 4.79 Å². The number of nitrogens with one attached hydrogen (secondary N) is 2. The van der Waals surface area contributed by atoms with E-state index in [1.54, 1.807) is 24.3 Å². The number of rotatable bonds is 8. The van der Waals surface area contributed by atoms with Crippen LogP contribution in [0.15, 0.2) is 66.9 Å². The summed E-state index contributed by atoms with van der Waals surface area (Å²) in [4.78, 5) is 16.5. The van der Waals surface area contributed by atoms with Crippen molar-refractivity contribution in [3.05, 3.63) is 83.8 Å². The molecule has 1 heterocycles. The summed E-state index contributed by atoms with van der Waals surface area (Å²) < 4.78 is 24.6. The second kappa shape index (κ2) is 9.75. The lowest BCUT2D eigenvalue weighted by Crippen LogP contribution is -2.39. The van der Waals surface area contributed by atoms with Crippen LogP contribution in [-0.4, -0.2) is 42.9 Å². The van der Waals surface area contributed by atoms with Crippen LogP contribution < -0.4 is 14.8 Å². The first-order chi connectivity index (χ1) is 16.0. The molecule has 3 N–H and O–H groups in total. The number of aliphatic hydroxyl groups excluding tert-OH is 1. The van der Waals surface area contributed by atoms with Crippen molar-refractivity contribution in [2.45, 2.75) is 12.5 Å². The molecular formula is C26H25FN2O4. The Bertz CT molecular complexity index is 1280. The van der Waals surface area contributed by atoms with Crippen molar-refractivity contribution in [1.29, 1.82) is 0 Å². The Morgan fingerprint density at radius 3 is 2.64 bits per heavy atom. The molecule has 4 aromatic rings. The van der Waals surface area contributed by atoms with Gasteiger partial charge < -0.3 is 24.9 Å². The highest BCUT2D eigenvalue weighted by Gasteiger charge is 2.20. The van der Waals surface area contributed by atoms with Crippen molar-refractivity contribution < 1.29 is 23.8 Å². The van der Waals surface area contributed by atoms with Gasteiger partial charge in [-0.2, -0.15) is 0 Å². The Hall–Kier alpha value is -3.84. The molecule has 4 rings (SSSR count). The number of hydrogen-bond donors (Lipinski definition) is 3. The maximum absolute atomic E-state index is 14.3. The molecule has 7 heteroatoms. The predicted molar refractivity (Wildman–Crippen MR) is 125 cm³/mol. The van der Waals surface area contributed by atoms with Crippen LogP contribution in [0, 0.1) is 5.82 Å². The van der Waals surface area contributed by atoms with E-state index in [-0.39, 0.29) is 18.3 Å². The minimum absolute atomic E-state index is 0.123. The van der Waals surface area contributed by atoms with E-state index in [9.17, 15) is 14.3 Å². The van der Waals surface area contributed by atoms with Crippen LogP contribution in [-0.2, 0) is 6.42 Å². The molecule has 0 aliphatic rings. The highest BCUT2D eigenvalue weighted by Crippen LogP contribution is 2.31. The summed E-state index contributed by atoms with van der Waals surface area (Å²) in [6.07, 6.45) is 2.33. The third kappa shape index (κ3) is 4.68. The molecule has 0 spiro atoms. The zero-order valence-corrected chi connectivity index (χ0v) is 18.4. The highest BCUT2D eigenvalue weighted by atomic mass is 19.1. The predicted octanol–water partition coefficient (Wildman–Crippen LogP) is 4.32. The molecule has 0 bridgehead atoms. The molecule has 0 aliphatic heterocycles. The number of aromatic nitrogens is 1. The molecule has 0 unspecified atom stereocenters. The minimum atomic E-state index is -0.523. The maximum atomic E-state index is 14.3. The second-order valence-electron chi connectivity index (χ2n) is 7.68. The standard InChI is InChI=1S/C26H25FN2O4/c1-32-19-8-9-20(16-7-10-25(33-2)23(27)12-16)22(13-19)26(31)29-18(15-30)11-17-14-28-24-6-4-3-5-21(17)24/h3-10,12-14,18,28,30H,11,15H2,1-2H3,(H,29,31)/t18-/m1/s1. The van der Waals surface area contributed by atoms with Crippen LogP contribution >= 0.6 is 0 Å². The number of halogens is 1. The summed E-state index contributed by atoms with van der Waals surface area (Å²) in [6.45, 7) is -0.234. The van der Waals surface area contributed by atoms with Gasteiger partial charge in [-0.05, 0) is 59.5 Å². The van der Waals surface area contributed by atoms with Gasteiger partial charge in [0.25, 0.3) is 5.91 Å². The molecule has 1 amide bonds. The van der Waals surface area contributed by atoms with Crippen LogP contribution in [0.25, 0.3) is 22.0 Å². The number of para-hydroxylation sites is 1. The molecule has 6 nitrogen and oxygen atoms in total. The van der Waals surface area contributed by atoms with E-state index in [0.29, 0.717) is 28.9 Å². The van der Waals surface area contributed by atoms with Gasteiger partial charge in [0.1, 0.15) is 5.75 Å². The fourth-order valence-electron chi connectivity index (χ4n) is 3.91.